The van der Waals surface area contributed by atoms with Crippen molar-refractivity contribution < 1.29 is 9.53 Å². The Labute approximate surface area is 106 Å². The molecule has 97 valence electrons. The van der Waals surface area contributed by atoms with Crippen LogP contribution in [0.2, 0.25) is 0 Å². The molecule has 0 amide bonds. The lowest BCUT2D eigenvalue weighted by atomic mass is 9.99. The van der Waals surface area contributed by atoms with Crippen LogP contribution in [0.4, 0.5) is 0 Å². The summed E-state index contributed by atoms with van der Waals surface area (Å²) in [5.74, 6) is 1.09. The van der Waals surface area contributed by atoms with Gasteiger partial charge in [-0.15, -0.1) is 6.58 Å². The first-order valence-electron chi connectivity index (χ1n) is 6.53. The van der Waals surface area contributed by atoms with Gasteiger partial charge in [-0.2, -0.15) is 0 Å². The molecular formula is C15H25O2. The van der Waals surface area contributed by atoms with E-state index >= 15 is 0 Å². The highest BCUT2D eigenvalue weighted by Gasteiger charge is 1.99. The number of rotatable bonds is 12. The van der Waals surface area contributed by atoms with Gasteiger partial charge in [-0.3, -0.25) is 4.79 Å². The van der Waals surface area contributed by atoms with Crippen molar-refractivity contribution in [3.05, 3.63) is 25.0 Å². The van der Waals surface area contributed by atoms with Crippen molar-refractivity contribution in [3.8, 4) is 0 Å². The maximum atomic E-state index is 9.98. The van der Waals surface area contributed by atoms with Gasteiger partial charge in [0.15, 0.2) is 0 Å². The van der Waals surface area contributed by atoms with Gasteiger partial charge >= 0.3 is 0 Å². The normalized spacial score (nSPS) is 11.8. The van der Waals surface area contributed by atoms with E-state index in [9.17, 15) is 4.79 Å². The topological polar surface area (TPSA) is 26.3 Å². The van der Waals surface area contributed by atoms with E-state index in [4.69, 9.17) is 6.58 Å². The molecule has 0 aromatic rings. The highest BCUT2D eigenvalue weighted by molar-refractivity contribution is 5.39. The summed E-state index contributed by atoms with van der Waals surface area (Å²) in [5, 5.41) is 0. The van der Waals surface area contributed by atoms with E-state index in [1.165, 1.54) is 25.7 Å². The number of hydrogen-bond donors (Lipinski definition) is 0. The van der Waals surface area contributed by atoms with Crippen molar-refractivity contribution >= 4 is 6.47 Å². The van der Waals surface area contributed by atoms with Crippen LogP contribution >= 0.6 is 0 Å². The maximum Gasteiger partial charge on any atom is 0.298 e. The molecule has 17 heavy (non-hydrogen) atoms. The minimum atomic E-state index is 0.333. The summed E-state index contributed by atoms with van der Waals surface area (Å²) < 4.78 is 4.53. The molecule has 0 aliphatic rings. The van der Waals surface area contributed by atoms with E-state index in [-0.39, 0.29) is 0 Å². The molecule has 0 heterocycles. The number of carbonyl (C=O) groups excluding carboxylic acids is 1. The Morgan fingerprint density at radius 2 is 1.94 bits per heavy atom. The molecule has 2 heteroatoms. The molecule has 0 aliphatic heterocycles. The SMILES string of the molecule is [CH]=C(CCCCCCC[C@@H](C)CC=C)OC=O. The first kappa shape index (κ1) is 16.0. The lowest BCUT2D eigenvalue weighted by Crippen LogP contribution is -1.92. The molecule has 1 atom stereocenters. The van der Waals surface area contributed by atoms with Crippen LogP contribution in [0.3, 0.4) is 0 Å². The second-order valence-electron chi connectivity index (χ2n) is 4.62. The van der Waals surface area contributed by atoms with Gasteiger partial charge in [0.25, 0.3) is 6.47 Å². The highest BCUT2D eigenvalue weighted by Crippen LogP contribution is 2.15. The van der Waals surface area contributed by atoms with E-state index < -0.39 is 0 Å². The third-order valence-electron chi connectivity index (χ3n) is 2.89. The Morgan fingerprint density at radius 1 is 1.29 bits per heavy atom. The molecule has 0 N–H and O–H groups in total. The summed E-state index contributed by atoms with van der Waals surface area (Å²) in [6, 6.07) is 0. The van der Waals surface area contributed by atoms with E-state index in [2.05, 4.69) is 18.2 Å². The quantitative estimate of drug-likeness (QED) is 0.217. The smallest absolute Gasteiger partial charge is 0.298 e. The number of ether oxygens (including phenoxy) is 1. The van der Waals surface area contributed by atoms with Gasteiger partial charge in [0, 0.05) is 6.42 Å². The molecule has 0 spiro atoms. The first-order valence-corrected chi connectivity index (χ1v) is 6.53. The molecule has 0 fully saturated rings. The van der Waals surface area contributed by atoms with Crippen molar-refractivity contribution in [1.29, 1.82) is 0 Å². The highest BCUT2D eigenvalue weighted by atomic mass is 16.5. The van der Waals surface area contributed by atoms with Crippen molar-refractivity contribution in [2.45, 2.75) is 58.3 Å². The van der Waals surface area contributed by atoms with Crippen molar-refractivity contribution in [2.24, 2.45) is 5.92 Å². The van der Waals surface area contributed by atoms with Crippen molar-refractivity contribution in [2.75, 3.05) is 0 Å². The summed E-state index contributed by atoms with van der Waals surface area (Å²) in [5.41, 5.74) is 0. The van der Waals surface area contributed by atoms with Crippen LogP contribution in [0.25, 0.3) is 0 Å². The average Bonchev–Trinajstić information content (AvgIpc) is 2.28. The molecule has 0 aromatic heterocycles. The Bertz CT molecular complexity index is 221. The summed E-state index contributed by atoms with van der Waals surface area (Å²) in [4.78, 5) is 9.98. The standard InChI is InChI=1S/C15H25O2/c1-4-10-14(2)11-8-6-5-7-9-12-15(3)17-13-16/h3-4,13-14H,1,5-12H2,2H3/t14-/m0/s1. The summed E-state index contributed by atoms with van der Waals surface area (Å²) >= 11 is 0. The Kier molecular flexibility index (Phi) is 10.7. The van der Waals surface area contributed by atoms with Gasteiger partial charge in [-0.25, -0.2) is 0 Å². The zero-order chi connectivity index (χ0) is 12.9. The molecular weight excluding hydrogens is 212 g/mol. The molecule has 0 aliphatic carbocycles. The van der Waals surface area contributed by atoms with E-state index in [0.717, 1.165) is 25.2 Å². The predicted molar refractivity (Wildman–Crippen MR) is 71.3 cm³/mol. The van der Waals surface area contributed by atoms with Crippen LogP contribution in [-0.4, -0.2) is 6.47 Å². The summed E-state index contributed by atoms with van der Waals surface area (Å²) in [6.45, 7) is 11.9. The molecule has 0 saturated heterocycles. The summed E-state index contributed by atoms with van der Waals surface area (Å²) in [6.07, 6.45) is 11.0. The molecule has 0 saturated carbocycles. The zero-order valence-corrected chi connectivity index (χ0v) is 11.0. The number of allylic oxidation sites excluding steroid dienone is 2. The van der Waals surface area contributed by atoms with Gasteiger partial charge in [0.1, 0.15) is 5.76 Å². The molecule has 0 unspecified atom stereocenters. The minimum Gasteiger partial charge on any atom is -0.433 e. The molecule has 2 nitrogen and oxygen atoms in total. The molecule has 0 rings (SSSR count). The second-order valence-corrected chi connectivity index (χ2v) is 4.62. The minimum absolute atomic E-state index is 0.333. The summed E-state index contributed by atoms with van der Waals surface area (Å²) in [7, 11) is 0. The fourth-order valence-electron chi connectivity index (χ4n) is 1.85. The largest absolute Gasteiger partial charge is 0.433 e. The first-order chi connectivity index (χ1) is 8.20. The molecule has 1 radical (unpaired) electrons. The van der Waals surface area contributed by atoms with Crippen LogP contribution in [0.15, 0.2) is 18.4 Å². The third-order valence-corrected chi connectivity index (χ3v) is 2.89. The lowest BCUT2D eigenvalue weighted by Gasteiger charge is -2.08. The van der Waals surface area contributed by atoms with Crippen LogP contribution in [0, 0.1) is 12.5 Å². The number of unbranched alkanes of at least 4 members (excludes halogenated alkanes) is 4. The van der Waals surface area contributed by atoms with E-state index in [1.54, 1.807) is 0 Å². The number of carbonyl (C=O) groups is 1. The van der Waals surface area contributed by atoms with E-state index in [1.807, 2.05) is 6.08 Å². The van der Waals surface area contributed by atoms with Crippen molar-refractivity contribution in [3.63, 3.8) is 0 Å². The molecule has 0 aromatic carbocycles. The van der Waals surface area contributed by atoms with Gasteiger partial charge in [0.05, 0.1) is 0 Å². The zero-order valence-electron chi connectivity index (χ0n) is 11.0. The van der Waals surface area contributed by atoms with Crippen molar-refractivity contribution in [1.82, 2.24) is 0 Å². The average molecular weight is 237 g/mol. The van der Waals surface area contributed by atoms with Crippen LogP contribution in [0.5, 0.6) is 0 Å². The molecule has 0 bridgehead atoms. The Balaban J connectivity index is 3.21. The lowest BCUT2D eigenvalue weighted by molar-refractivity contribution is -0.125. The fourth-order valence-corrected chi connectivity index (χ4v) is 1.85. The van der Waals surface area contributed by atoms with Gasteiger partial charge in [-0.1, -0.05) is 45.1 Å². The van der Waals surface area contributed by atoms with Gasteiger partial charge in [0.2, 0.25) is 0 Å². The van der Waals surface area contributed by atoms with Gasteiger partial charge < -0.3 is 4.74 Å². The third kappa shape index (κ3) is 11.2. The predicted octanol–water partition coefficient (Wildman–Crippen LogP) is 4.42. The van der Waals surface area contributed by atoms with E-state index in [0.29, 0.717) is 18.7 Å². The van der Waals surface area contributed by atoms with Crippen LogP contribution in [-0.2, 0) is 9.53 Å². The van der Waals surface area contributed by atoms with Gasteiger partial charge in [-0.05, 0) is 25.3 Å². The maximum absolute atomic E-state index is 9.98. The van der Waals surface area contributed by atoms with Crippen LogP contribution in [0.1, 0.15) is 58.3 Å². The Hall–Kier alpha value is -1.05. The monoisotopic (exact) mass is 237 g/mol. The Morgan fingerprint density at radius 3 is 2.59 bits per heavy atom. The number of hydrogen-bond acceptors (Lipinski definition) is 2. The second kappa shape index (κ2) is 11.4. The fraction of sp³-hybridized carbons (Fsp3) is 0.667. The van der Waals surface area contributed by atoms with Crippen LogP contribution < -0.4 is 0 Å².